The molecule has 0 heterocycles. The molecule has 0 aromatic rings. The van der Waals surface area contributed by atoms with Crippen molar-refractivity contribution in [3.05, 3.63) is 109 Å². The van der Waals surface area contributed by atoms with Crippen LogP contribution in [0.2, 0.25) is 0 Å². The third-order valence-electron chi connectivity index (χ3n) is 14.8. The standard InChI is InChI=1S/C72H127NO3/c1-3-5-7-9-11-13-15-17-19-21-23-25-27-28-29-30-31-32-33-34-35-36-37-38-39-40-41-42-43-44-46-48-50-52-54-56-58-60-62-64-66-68-72(76)73-70(69-74)71(75)67-65-63-61-59-57-55-53-51-49-47-45-26-24-22-20-18-16-14-12-10-8-6-4-2/h5,7,11,13,17,19,23,25,28-29,31-32,34-35,37-38,65,67,70-71,74-75H,3-4,6,8-10,12,14-16,18,20-22,24,26-27,30,33,36,39-64,66,68-69H2,1-2H3,(H,73,76)/b7-5-,13-11-,19-17-,25-23-,29-28-,32-31-,35-34-,38-37-,67-65+. The van der Waals surface area contributed by atoms with Gasteiger partial charge < -0.3 is 15.5 Å². The fourth-order valence-electron chi connectivity index (χ4n) is 9.79. The van der Waals surface area contributed by atoms with Crippen molar-refractivity contribution in [2.45, 2.75) is 334 Å². The van der Waals surface area contributed by atoms with Gasteiger partial charge in [-0.05, 0) is 83.5 Å². The monoisotopic (exact) mass is 1050 g/mol. The highest BCUT2D eigenvalue weighted by Crippen LogP contribution is 2.17. The van der Waals surface area contributed by atoms with Gasteiger partial charge in [0.15, 0.2) is 0 Å². The minimum atomic E-state index is -0.845. The molecule has 0 aromatic heterocycles. The number of aliphatic hydroxyl groups is 2. The topological polar surface area (TPSA) is 69.6 Å². The Bertz CT molecular complexity index is 1430. The molecule has 2 atom stereocenters. The SMILES string of the molecule is CC/C=C\C/C=C\C/C=C\C/C=C\C/C=C\C/C=C\C/C=C\C/C=C\CCCCCCCCCCCCCCCCCCC(=O)NC(CO)C(O)/C=C/CCCCCCCCCCCCCCCCCCCCCCC. The smallest absolute Gasteiger partial charge is 0.220 e. The maximum Gasteiger partial charge on any atom is 0.220 e. The Morgan fingerprint density at radius 2 is 0.579 bits per heavy atom. The lowest BCUT2D eigenvalue weighted by molar-refractivity contribution is -0.123. The second-order valence-electron chi connectivity index (χ2n) is 22.2. The zero-order chi connectivity index (χ0) is 54.8. The van der Waals surface area contributed by atoms with E-state index in [2.05, 4.69) is 116 Å². The Labute approximate surface area is 474 Å². The van der Waals surface area contributed by atoms with Crippen molar-refractivity contribution in [3.63, 3.8) is 0 Å². The zero-order valence-electron chi connectivity index (χ0n) is 50.5. The lowest BCUT2D eigenvalue weighted by atomic mass is 10.0. The van der Waals surface area contributed by atoms with Crippen LogP contribution < -0.4 is 5.32 Å². The van der Waals surface area contributed by atoms with Gasteiger partial charge in [0.25, 0.3) is 0 Å². The highest BCUT2D eigenvalue weighted by Gasteiger charge is 2.18. The normalized spacial score (nSPS) is 13.5. The summed E-state index contributed by atoms with van der Waals surface area (Å²) in [5, 5.41) is 23.3. The summed E-state index contributed by atoms with van der Waals surface area (Å²) < 4.78 is 0. The van der Waals surface area contributed by atoms with Crippen molar-refractivity contribution >= 4 is 5.91 Å². The molecule has 0 aliphatic carbocycles. The summed E-state index contributed by atoms with van der Waals surface area (Å²) in [4.78, 5) is 12.5. The summed E-state index contributed by atoms with van der Waals surface area (Å²) in [5.74, 6) is -0.0629. The van der Waals surface area contributed by atoms with Crippen LogP contribution in [0, 0.1) is 0 Å². The highest BCUT2D eigenvalue weighted by atomic mass is 16.3. The van der Waals surface area contributed by atoms with Gasteiger partial charge in [-0.15, -0.1) is 0 Å². The van der Waals surface area contributed by atoms with E-state index in [9.17, 15) is 15.0 Å². The number of unbranched alkanes of at least 4 members (excludes halogenated alkanes) is 37. The van der Waals surface area contributed by atoms with Crippen LogP contribution in [0.3, 0.4) is 0 Å². The summed E-state index contributed by atoms with van der Waals surface area (Å²) in [6.45, 7) is 4.22. The third kappa shape index (κ3) is 61.9. The van der Waals surface area contributed by atoms with Gasteiger partial charge in [-0.1, -0.05) is 342 Å². The number of amides is 1. The molecule has 0 aliphatic rings. The molecule has 4 heteroatoms. The molecule has 0 radical (unpaired) electrons. The lowest BCUT2D eigenvalue weighted by Gasteiger charge is -2.20. The van der Waals surface area contributed by atoms with Crippen molar-refractivity contribution in [2.75, 3.05) is 6.61 Å². The van der Waals surface area contributed by atoms with E-state index >= 15 is 0 Å². The molecule has 0 saturated carbocycles. The molecular formula is C72H127NO3. The van der Waals surface area contributed by atoms with Gasteiger partial charge in [0.05, 0.1) is 18.8 Å². The lowest BCUT2D eigenvalue weighted by Crippen LogP contribution is -2.45. The van der Waals surface area contributed by atoms with Crippen LogP contribution in [0.5, 0.6) is 0 Å². The van der Waals surface area contributed by atoms with E-state index in [0.717, 1.165) is 77.0 Å². The van der Waals surface area contributed by atoms with Crippen LogP contribution >= 0.6 is 0 Å². The zero-order valence-corrected chi connectivity index (χ0v) is 50.5. The quantitative estimate of drug-likeness (QED) is 0.0420. The average Bonchev–Trinajstić information content (AvgIpc) is 3.42. The van der Waals surface area contributed by atoms with Crippen molar-refractivity contribution < 1.29 is 15.0 Å². The van der Waals surface area contributed by atoms with Crippen molar-refractivity contribution in [1.29, 1.82) is 0 Å². The number of hydrogen-bond donors (Lipinski definition) is 3. The largest absolute Gasteiger partial charge is 0.394 e. The second-order valence-corrected chi connectivity index (χ2v) is 22.2. The first-order valence-electron chi connectivity index (χ1n) is 33.1. The molecule has 4 nitrogen and oxygen atoms in total. The van der Waals surface area contributed by atoms with E-state index in [1.54, 1.807) is 6.08 Å². The van der Waals surface area contributed by atoms with Gasteiger partial charge >= 0.3 is 0 Å². The second kappa shape index (κ2) is 66.3. The fraction of sp³-hybridized carbons (Fsp3) is 0.736. The molecule has 1 amide bonds. The minimum Gasteiger partial charge on any atom is -0.394 e. The minimum absolute atomic E-state index is 0.0629. The number of hydrogen-bond acceptors (Lipinski definition) is 3. The average molecular weight is 1050 g/mol. The van der Waals surface area contributed by atoms with Gasteiger partial charge in [0.2, 0.25) is 5.91 Å². The number of allylic oxidation sites excluding steroid dienone is 17. The third-order valence-corrected chi connectivity index (χ3v) is 14.8. The summed E-state index contributed by atoms with van der Waals surface area (Å²) in [6, 6.07) is -0.628. The van der Waals surface area contributed by atoms with Gasteiger partial charge in [0.1, 0.15) is 0 Å². The number of aliphatic hydroxyl groups excluding tert-OH is 2. The molecule has 0 aliphatic heterocycles. The molecule has 76 heavy (non-hydrogen) atoms. The molecule has 3 N–H and O–H groups in total. The van der Waals surface area contributed by atoms with E-state index in [0.29, 0.717) is 6.42 Å². The molecular weight excluding hydrogens is 927 g/mol. The Morgan fingerprint density at radius 1 is 0.329 bits per heavy atom. The van der Waals surface area contributed by atoms with Gasteiger partial charge in [-0.3, -0.25) is 4.79 Å². The molecule has 0 aromatic carbocycles. The number of rotatable bonds is 60. The van der Waals surface area contributed by atoms with Gasteiger partial charge in [0, 0.05) is 6.42 Å². The van der Waals surface area contributed by atoms with E-state index < -0.39 is 12.1 Å². The summed E-state index contributed by atoms with van der Waals surface area (Å²) in [6.07, 6.45) is 100. The van der Waals surface area contributed by atoms with Crippen LogP contribution in [-0.4, -0.2) is 34.9 Å². The van der Waals surface area contributed by atoms with Crippen LogP contribution in [0.15, 0.2) is 109 Å². The van der Waals surface area contributed by atoms with E-state index in [-0.39, 0.29) is 12.5 Å². The maximum atomic E-state index is 12.5. The summed E-state index contributed by atoms with van der Waals surface area (Å²) in [7, 11) is 0. The van der Waals surface area contributed by atoms with E-state index in [1.165, 1.54) is 225 Å². The fourth-order valence-corrected chi connectivity index (χ4v) is 9.79. The molecule has 0 spiro atoms. The Kier molecular flexibility index (Phi) is 63.8. The predicted molar refractivity (Wildman–Crippen MR) is 340 cm³/mol. The predicted octanol–water partition coefficient (Wildman–Crippen LogP) is 22.6. The first kappa shape index (κ1) is 73.0. The van der Waals surface area contributed by atoms with Gasteiger partial charge in [-0.25, -0.2) is 0 Å². The number of nitrogens with one attached hydrogen (secondary N) is 1. The first-order valence-corrected chi connectivity index (χ1v) is 33.1. The van der Waals surface area contributed by atoms with Crippen molar-refractivity contribution in [2.24, 2.45) is 0 Å². The molecule has 438 valence electrons. The highest BCUT2D eigenvalue weighted by molar-refractivity contribution is 5.76. The summed E-state index contributed by atoms with van der Waals surface area (Å²) >= 11 is 0. The molecule has 2 unspecified atom stereocenters. The van der Waals surface area contributed by atoms with Crippen LogP contribution in [0.4, 0.5) is 0 Å². The van der Waals surface area contributed by atoms with Crippen molar-refractivity contribution in [1.82, 2.24) is 5.32 Å². The molecule has 0 saturated heterocycles. The van der Waals surface area contributed by atoms with Crippen LogP contribution in [0.25, 0.3) is 0 Å². The number of carbonyl (C=O) groups excluding carboxylic acids is 1. The van der Waals surface area contributed by atoms with Crippen molar-refractivity contribution in [3.8, 4) is 0 Å². The molecule has 0 rings (SSSR count). The first-order chi connectivity index (χ1) is 37.7. The summed E-state index contributed by atoms with van der Waals surface area (Å²) in [5.41, 5.74) is 0. The van der Waals surface area contributed by atoms with E-state index in [1.807, 2.05) is 6.08 Å². The van der Waals surface area contributed by atoms with Gasteiger partial charge in [-0.2, -0.15) is 0 Å². The molecule has 0 bridgehead atoms. The Balaban J connectivity index is 3.51. The van der Waals surface area contributed by atoms with Crippen LogP contribution in [0.1, 0.15) is 322 Å². The molecule has 0 fully saturated rings. The number of carbonyl (C=O) groups is 1. The van der Waals surface area contributed by atoms with E-state index in [4.69, 9.17) is 0 Å². The Hall–Kier alpha value is -2.95. The van der Waals surface area contributed by atoms with Crippen LogP contribution in [-0.2, 0) is 4.79 Å². The Morgan fingerprint density at radius 3 is 0.868 bits per heavy atom. The maximum absolute atomic E-state index is 12.5.